The topological polar surface area (TPSA) is 63.2 Å². The number of anilines is 2. The fourth-order valence-corrected chi connectivity index (χ4v) is 4.03. The molecule has 3 saturated heterocycles. The first-order chi connectivity index (χ1) is 13.6. The lowest BCUT2D eigenvalue weighted by Gasteiger charge is -2.47. The number of aromatic nitrogens is 3. The Labute approximate surface area is 162 Å². The van der Waals surface area contributed by atoms with Crippen molar-refractivity contribution in [3.8, 4) is 0 Å². The third-order valence-electron chi connectivity index (χ3n) is 5.64. The lowest BCUT2D eigenvalue weighted by molar-refractivity contribution is -0.133. The number of piperidine rings is 1. The predicted octanol–water partition coefficient (Wildman–Crippen LogP) is 3.37. The number of nitrogens with zero attached hydrogens (tertiary/aromatic N) is 4. The SMILES string of the molecule is Cc1cccc(CNc2nnc(C)c3cnc(N4CC5CC(C4)O5)cc23)c1F. The van der Waals surface area contributed by atoms with Crippen LogP contribution in [0.15, 0.2) is 30.5 Å². The number of halogens is 1. The maximum Gasteiger partial charge on any atom is 0.157 e. The first kappa shape index (κ1) is 17.3. The lowest BCUT2D eigenvalue weighted by Crippen LogP contribution is -2.57. The number of ether oxygens (including phenoxy) is 1. The van der Waals surface area contributed by atoms with Gasteiger partial charge in [0.2, 0.25) is 0 Å². The average Bonchev–Trinajstić information content (AvgIpc) is 2.70. The predicted molar refractivity (Wildman–Crippen MR) is 106 cm³/mol. The third kappa shape index (κ3) is 2.96. The molecule has 0 saturated carbocycles. The Bertz CT molecular complexity index is 1040. The van der Waals surface area contributed by atoms with E-state index in [0.29, 0.717) is 35.7 Å². The molecule has 3 fully saturated rings. The highest BCUT2D eigenvalue weighted by Crippen LogP contribution is 2.33. The van der Waals surface area contributed by atoms with E-state index in [2.05, 4.69) is 31.5 Å². The van der Waals surface area contributed by atoms with E-state index < -0.39 is 0 Å². The number of aryl methyl sites for hydroxylation is 2. The second-order valence-corrected chi connectivity index (χ2v) is 7.64. The Morgan fingerprint density at radius 2 is 1.96 bits per heavy atom. The van der Waals surface area contributed by atoms with Crippen molar-refractivity contribution in [2.24, 2.45) is 0 Å². The Morgan fingerprint density at radius 1 is 1.18 bits per heavy atom. The highest BCUT2D eigenvalue weighted by molar-refractivity contribution is 5.94. The summed E-state index contributed by atoms with van der Waals surface area (Å²) in [5.41, 5.74) is 2.07. The summed E-state index contributed by atoms with van der Waals surface area (Å²) < 4.78 is 20.1. The molecule has 3 aliphatic heterocycles. The smallest absolute Gasteiger partial charge is 0.157 e. The normalized spacial score (nSPS) is 20.9. The van der Waals surface area contributed by atoms with Crippen LogP contribution in [0.2, 0.25) is 0 Å². The van der Waals surface area contributed by atoms with Gasteiger partial charge in [-0.2, -0.15) is 5.10 Å². The molecule has 0 amide bonds. The summed E-state index contributed by atoms with van der Waals surface area (Å²) in [5, 5.41) is 13.7. The van der Waals surface area contributed by atoms with Gasteiger partial charge in [-0.05, 0) is 25.5 Å². The molecule has 28 heavy (non-hydrogen) atoms. The van der Waals surface area contributed by atoms with Crippen molar-refractivity contribution in [3.63, 3.8) is 0 Å². The number of morpholine rings is 1. The second kappa shape index (κ2) is 6.67. The minimum absolute atomic E-state index is 0.186. The number of pyridine rings is 1. The van der Waals surface area contributed by atoms with E-state index in [1.165, 1.54) is 0 Å². The van der Waals surface area contributed by atoms with Crippen LogP contribution in [0.5, 0.6) is 0 Å². The molecule has 3 aliphatic rings. The van der Waals surface area contributed by atoms with E-state index in [1.807, 2.05) is 19.2 Å². The number of nitrogens with one attached hydrogen (secondary N) is 1. The van der Waals surface area contributed by atoms with Gasteiger partial charge in [0.15, 0.2) is 5.82 Å². The summed E-state index contributed by atoms with van der Waals surface area (Å²) in [6.07, 6.45) is 3.63. The molecule has 6 nitrogen and oxygen atoms in total. The molecule has 7 heteroatoms. The number of fused-ring (bicyclic) bond motifs is 3. The fourth-order valence-electron chi connectivity index (χ4n) is 4.03. The Hall–Kier alpha value is -2.80. The van der Waals surface area contributed by atoms with Crippen LogP contribution in [0.25, 0.3) is 10.8 Å². The van der Waals surface area contributed by atoms with Gasteiger partial charge < -0.3 is 15.0 Å². The zero-order valence-electron chi connectivity index (χ0n) is 15.9. The molecule has 2 atom stereocenters. The van der Waals surface area contributed by atoms with Crippen LogP contribution < -0.4 is 10.2 Å². The lowest BCUT2D eigenvalue weighted by atomic mass is 9.99. The van der Waals surface area contributed by atoms with Crippen molar-refractivity contribution in [1.82, 2.24) is 15.2 Å². The summed E-state index contributed by atoms with van der Waals surface area (Å²) in [4.78, 5) is 6.91. The first-order valence-electron chi connectivity index (χ1n) is 9.60. The van der Waals surface area contributed by atoms with Crippen LogP contribution in [0.3, 0.4) is 0 Å². The van der Waals surface area contributed by atoms with E-state index in [-0.39, 0.29) is 5.82 Å². The monoisotopic (exact) mass is 379 g/mol. The Balaban J connectivity index is 1.46. The van der Waals surface area contributed by atoms with Gasteiger partial charge in [0.1, 0.15) is 11.6 Å². The second-order valence-electron chi connectivity index (χ2n) is 7.64. The molecular weight excluding hydrogens is 357 g/mol. The van der Waals surface area contributed by atoms with Crippen molar-refractivity contribution < 1.29 is 9.13 Å². The molecule has 1 N–H and O–H groups in total. The van der Waals surface area contributed by atoms with Gasteiger partial charge in [0.25, 0.3) is 0 Å². The van der Waals surface area contributed by atoms with E-state index in [1.54, 1.807) is 19.1 Å². The van der Waals surface area contributed by atoms with Gasteiger partial charge in [-0.25, -0.2) is 9.37 Å². The molecule has 0 radical (unpaired) electrons. The minimum atomic E-state index is -0.186. The zero-order chi connectivity index (χ0) is 19.3. The average molecular weight is 379 g/mol. The van der Waals surface area contributed by atoms with Crippen molar-refractivity contribution in [2.45, 2.75) is 39.0 Å². The van der Waals surface area contributed by atoms with Gasteiger partial charge >= 0.3 is 0 Å². The molecule has 2 unspecified atom stereocenters. The highest BCUT2D eigenvalue weighted by Gasteiger charge is 2.38. The van der Waals surface area contributed by atoms with Gasteiger partial charge in [-0.1, -0.05) is 18.2 Å². The van der Waals surface area contributed by atoms with Gasteiger partial charge in [-0.3, -0.25) is 0 Å². The van der Waals surface area contributed by atoms with Crippen LogP contribution in [-0.2, 0) is 11.3 Å². The van der Waals surface area contributed by atoms with Crippen molar-refractivity contribution in [1.29, 1.82) is 0 Å². The minimum Gasteiger partial charge on any atom is -0.371 e. The van der Waals surface area contributed by atoms with Gasteiger partial charge in [0.05, 0.1) is 17.9 Å². The number of rotatable bonds is 4. The van der Waals surface area contributed by atoms with E-state index in [4.69, 9.17) is 4.74 Å². The summed E-state index contributed by atoms with van der Waals surface area (Å²) >= 11 is 0. The Morgan fingerprint density at radius 3 is 2.75 bits per heavy atom. The third-order valence-corrected chi connectivity index (χ3v) is 5.64. The molecule has 6 rings (SSSR count). The van der Waals surface area contributed by atoms with Crippen LogP contribution >= 0.6 is 0 Å². The van der Waals surface area contributed by atoms with Crippen LogP contribution in [0.4, 0.5) is 16.0 Å². The van der Waals surface area contributed by atoms with E-state index in [0.717, 1.165) is 41.8 Å². The summed E-state index contributed by atoms with van der Waals surface area (Å²) in [5.74, 6) is 1.38. The Kier molecular flexibility index (Phi) is 4.12. The number of hydrogen-bond acceptors (Lipinski definition) is 6. The first-order valence-corrected chi connectivity index (χ1v) is 9.60. The molecule has 0 aliphatic carbocycles. The van der Waals surface area contributed by atoms with Crippen molar-refractivity contribution >= 4 is 22.4 Å². The highest BCUT2D eigenvalue weighted by atomic mass is 19.1. The molecule has 2 aromatic heterocycles. The van der Waals surface area contributed by atoms with Crippen LogP contribution in [0, 0.1) is 19.7 Å². The van der Waals surface area contributed by atoms with E-state index in [9.17, 15) is 4.39 Å². The number of benzene rings is 1. The fraction of sp³-hybridized carbons (Fsp3) is 0.381. The molecule has 1 aromatic carbocycles. The molecule has 3 aromatic rings. The maximum absolute atomic E-state index is 14.3. The largest absolute Gasteiger partial charge is 0.371 e. The summed E-state index contributed by atoms with van der Waals surface area (Å²) in [6, 6.07) is 7.47. The van der Waals surface area contributed by atoms with Crippen molar-refractivity contribution in [2.75, 3.05) is 23.3 Å². The summed E-state index contributed by atoms with van der Waals surface area (Å²) in [6.45, 7) is 5.77. The van der Waals surface area contributed by atoms with Gasteiger partial charge in [0, 0.05) is 48.6 Å². The molecular formula is C21H22FN5O. The quantitative estimate of drug-likeness (QED) is 0.750. The molecule has 5 heterocycles. The van der Waals surface area contributed by atoms with E-state index >= 15 is 0 Å². The number of hydrogen-bond donors (Lipinski definition) is 1. The van der Waals surface area contributed by atoms with Crippen LogP contribution in [0.1, 0.15) is 23.2 Å². The zero-order valence-corrected chi connectivity index (χ0v) is 15.9. The maximum atomic E-state index is 14.3. The standard InChI is InChI=1S/C21H22FN5O/c1-12-4-3-5-14(20(12)22)8-24-21-17-7-19(23-9-18(17)13(2)25-26-21)27-10-15-6-16(11-27)28-15/h3-5,7,9,15-16H,6,8,10-11H2,1-2H3,(H,24,26). The van der Waals surface area contributed by atoms with Gasteiger partial charge in [-0.15, -0.1) is 5.10 Å². The molecule has 2 bridgehead atoms. The summed E-state index contributed by atoms with van der Waals surface area (Å²) in [7, 11) is 0. The molecule has 0 spiro atoms. The van der Waals surface area contributed by atoms with Crippen molar-refractivity contribution in [3.05, 3.63) is 53.1 Å². The molecule has 144 valence electrons. The van der Waals surface area contributed by atoms with Crippen LogP contribution in [-0.4, -0.2) is 40.5 Å².